The van der Waals surface area contributed by atoms with Crippen molar-refractivity contribution in [3.8, 4) is 11.4 Å². The van der Waals surface area contributed by atoms with E-state index in [-0.39, 0.29) is 0 Å². The molecule has 2 heterocycles. The Labute approximate surface area is 136 Å². The summed E-state index contributed by atoms with van der Waals surface area (Å²) < 4.78 is 0. The van der Waals surface area contributed by atoms with Crippen molar-refractivity contribution in [2.24, 2.45) is 4.99 Å². The predicted octanol–water partition coefficient (Wildman–Crippen LogP) is 4.82. The summed E-state index contributed by atoms with van der Waals surface area (Å²) in [6.45, 7) is 6.28. The highest BCUT2D eigenvalue weighted by Crippen LogP contribution is 2.25. The Balaban J connectivity index is 1.92. The molecule has 0 saturated heterocycles. The second-order valence-corrected chi connectivity index (χ2v) is 5.67. The lowest BCUT2D eigenvalue weighted by Gasteiger charge is -2.06. The van der Waals surface area contributed by atoms with Crippen LogP contribution in [0.2, 0.25) is 0 Å². The Kier molecular flexibility index (Phi) is 4.29. The van der Waals surface area contributed by atoms with Crippen LogP contribution in [0.25, 0.3) is 11.4 Å². The molecule has 0 saturated carbocycles. The van der Waals surface area contributed by atoms with Crippen LogP contribution >= 0.6 is 0 Å². The van der Waals surface area contributed by atoms with Gasteiger partial charge >= 0.3 is 0 Å². The van der Waals surface area contributed by atoms with Gasteiger partial charge in [-0.3, -0.25) is 9.98 Å². The van der Waals surface area contributed by atoms with Gasteiger partial charge in [-0.2, -0.15) is 0 Å². The fourth-order valence-electron chi connectivity index (χ4n) is 2.69. The Bertz CT molecular complexity index is 829. The molecule has 0 amide bonds. The molecule has 0 aliphatic carbocycles. The van der Waals surface area contributed by atoms with E-state index >= 15 is 0 Å². The zero-order valence-corrected chi connectivity index (χ0v) is 13.6. The van der Waals surface area contributed by atoms with Crippen LogP contribution in [0.5, 0.6) is 0 Å². The number of hydrogen-bond donors (Lipinski definition) is 0. The number of rotatable bonds is 3. The molecule has 3 nitrogen and oxygen atoms in total. The van der Waals surface area contributed by atoms with E-state index in [1.807, 2.05) is 42.6 Å². The summed E-state index contributed by atoms with van der Waals surface area (Å²) in [4.78, 5) is 13.6. The molecule has 3 heteroatoms. The zero-order chi connectivity index (χ0) is 16.2. The maximum atomic E-state index is 4.64. The largest absolute Gasteiger partial charge is 0.255 e. The third-order valence-corrected chi connectivity index (χ3v) is 3.66. The second-order valence-electron chi connectivity index (χ2n) is 5.67. The minimum Gasteiger partial charge on any atom is -0.255 e. The van der Waals surface area contributed by atoms with Crippen LogP contribution in [0, 0.1) is 20.8 Å². The molecule has 0 bridgehead atoms. The normalized spacial score (nSPS) is 11.1. The third-order valence-electron chi connectivity index (χ3n) is 3.66. The molecule has 3 aromatic rings. The Morgan fingerprint density at radius 2 is 1.61 bits per heavy atom. The first-order valence-electron chi connectivity index (χ1n) is 7.64. The molecular formula is C20H19N3. The molecule has 2 aromatic heterocycles. The zero-order valence-electron chi connectivity index (χ0n) is 13.6. The Morgan fingerprint density at radius 1 is 0.870 bits per heavy atom. The molecule has 0 unspecified atom stereocenters. The van der Waals surface area contributed by atoms with Gasteiger partial charge in [0.15, 0.2) is 0 Å². The van der Waals surface area contributed by atoms with Crippen LogP contribution in [-0.2, 0) is 0 Å². The third kappa shape index (κ3) is 3.51. The molecule has 0 N–H and O–H groups in total. The highest BCUT2D eigenvalue weighted by Gasteiger charge is 2.03. The van der Waals surface area contributed by atoms with Gasteiger partial charge in [0, 0.05) is 6.20 Å². The van der Waals surface area contributed by atoms with Crippen LogP contribution < -0.4 is 0 Å². The fraction of sp³-hybridized carbons (Fsp3) is 0.150. The molecular weight excluding hydrogens is 282 g/mol. The molecule has 0 fully saturated rings. The van der Waals surface area contributed by atoms with E-state index in [4.69, 9.17) is 0 Å². The number of pyridine rings is 2. The summed E-state index contributed by atoms with van der Waals surface area (Å²) >= 11 is 0. The maximum Gasteiger partial charge on any atom is 0.0894 e. The van der Waals surface area contributed by atoms with Crippen LogP contribution in [0.4, 0.5) is 5.69 Å². The summed E-state index contributed by atoms with van der Waals surface area (Å²) in [5.41, 5.74) is 7.18. The van der Waals surface area contributed by atoms with Gasteiger partial charge in [0.2, 0.25) is 0 Å². The van der Waals surface area contributed by atoms with Gasteiger partial charge in [-0.05, 0) is 56.2 Å². The van der Waals surface area contributed by atoms with E-state index in [0.717, 1.165) is 22.8 Å². The molecule has 3 rings (SSSR count). The second kappa shape index (κ2) is 6.53. The lowest BCUT2D eigenvalue weighted by atomic mass is 10.1. The predicted molar refractivity (Wildman–Crippen MR) is 95.4 cm³/mol. The lowest BCUT2D eigenvalue weighted by molar-refractivity contribution is 1.23. The summed E-state index contributed by atoms with van der Waals surface area (Å²) in [6.07, 6.45) is 3.59. The van der Waals surface area contributed by atoms with E-state index < -0.39 is 0 Å². The monoisotopic (exact) mass is 301 g/mol. The van der Waals surface area contributed by atoms with Crippen LogP contribution in [0.15, 0.2) is 59.7 Å². The molecule has 0 spiro atoms. The first kappa shape index (κ1) is 15.1. The van der Waals surface area contributed by atoms with Gasteiger partial charge in [0.25, 0.3) is 0 Å². The van der Waals surface area contributed by atoms with Crippen molar-refractivity contribution in [1.82, 2.24) is 9.97 Å². The number of aromatic nitrogens is 2. The minimum absolute atomic E-state index is 0.826. The number of aryl methyl sites for hydroxylation is 3. The highest BCUT2D eigenvalue weighted by atomic mass is 14.8. The Morgan fingerprint density at radius 3 is 2.30 bits per heavy atom. The molecule has 114 valence electrons. The summed E-state index contributed by atoms with van der Waals surface area (Å²) in [5, 5.41) is 0. The highest BCUT2D eigenvalue weighted by molar-refractivity contribution is 5.81. The van der Waals surface area contributed by atoms with Gasteiger partial charge in [-0.15, -0.1) is 0 Å². The molecule has 23 heavy (non-hydrogen) atoms. The van der Waals surface area contributed by atoms with E-state index in [9.17, 15) is 0 Å². The smallest absolute Gasteiger partial charge is 0.0894 e. The van der Waals surface area contributed by atoms with Crippen LogP contribution in [0.3, 0.4) is 0 Å². The minimum atomic E-state index is 0.826. The number of nitrogens with zero attached hydrogens (tertiary/aromatic N) is 3. The van der Waals surface area contributed by atoms with Crippen molar-refractivity contribution in [3.63, 3.8) is 0 Å². The average molecular weight is 301 g/mol. The van der Waals surface area contributed by atoms with E-state index in [0.29, 0.717) is 0 Å². The first-order valence-corrected chi connectivity index (χ1v) is 7.64. The quantitative estimate of drug-likeness (QED) is 0.650. The Hall–Kier alpha value is -2.81. The van der Waals surface area contributed by atoms with Crippen molar-refractivity contribution < 1.29 is 0 Å². The molecule has 0 aliphatic rings. The number of benzene rings is 1. The standard InChI is InChI=1S/C20H19N3/c1-14-11-15(2)20(16(3)12-14)22-13-17-7-6-9-19(23-17)18-8-4-5-10-21-18/h4-13H,1-3H3. The lowest BCUT2D eigenvalue weighted by Crippen LogP contribution is -1.92. The molecule has 1 aromatic carbocycles. The topological polar surface area (TPSA) is 38.1 Å². The van der Waals surface area contributed by atoms with Gasteiger partial charge in [0.05, 0.1) is 29.0 Å². The summed E-state index contributed by atoms with van der Waals surface area (Å²) in [6, 6.07) is 16.0. The summed E-state index contributed by atoms with van der Waals surface area (Å²) in [7, 11) is 0. The van der Waals surface area contributed by atoms with Crippen molar-refractivity contribution >= 4 is 11.9 Å². The fourth-order valence-corrected chi connectivity index (χ4v) is 2.69. The van der Waals surface area contributed by atoms with Crippen molar-refractivity contribution in [1.29, 1.82) is 0 Å². The van der Waals surface area contributed by atoms with E-state index in [1.54, 1.807) is 6.20 Å². The van der Waals surface area contributed by atoms with Gasteiger partial charge in [-0.25, -0.2) is 4.98 Å². The van der Waals surface area contributed by atoms with Gasteiger partial charge < -0.3 is 0 Å². The average Bonchev–Trinajstić information content (AvgIpc) is 2.55. The van der Waals surface area contributed by atoms with E-state index in [1.165, 1.54) is 16.7 Å². The molecule has 0 aliphatic heterocycles. The van der Waals surface area contributed by atoms with Gasteiger partial charge in [-0.1, -0.05) is 29.8 Å². The first-order chi connectivity index (χ1) is 11.1. The van der Waals surface area contributed by atoms with Crippen molar-refractivity contribution in [3.05, 3.63) is 77.1 Å². The van der Waals surface area contributed by atoms with Crippen molar-refractivity contribution in [2.45, 2.75) is 20.8 Å². The van der Waals surface area contributed by atoms with E-state index in [2.05, 4.69) is 47.9 Å². The summed E-state index contributed by atoms with van der Waals surface area (Å²) in [5.74, 6) is 0. The maximum absolute atomic E-state index is 4.64. The van der Waals surface area contributed by atoms with Crippen LogP contribution in [-0.4, -0.2) is 16.2 Å². The van der Waals surface area contributed by atoms with Crippen LogP contribution in [0.1, 0.15) is 22.4 Å². The molecule has 0 radical (unpaired) electrons. The number of aliphatic imine (C=N–C) groups is 1. The SMILES string of the molecule is Cc1cc(C)c(N=Cc2cccc(-c3ccccn3)n2)c(C)c1. The molecule has 0 atom stereocenters. The number of hydrogen-bond acceptors (Lipinski definition) is 3. The van der Waals surface area contributed by atoms with Crippen molar-refractivity contribution in [2.75, 3.05) is 0 Å². The van der Waals surface area contributed by atoms with Gasteiger partial charge in [0.1, 0.15) is 0 Å².